The van der Waals surface area contributed by atoms with E-state index >= 15 is 0 Å². The minimum atomic E-state index is -0.441. The second kappa shape index (κ2) is 5.04. The lowest BCUT2D eigenvalue weighted by Gasteiger charge is -2.32. The largest absolute Gasteiger partial charge is 0.500 e. The molecule has 1 aliphatic heterocycles. The van der Waals surface area contributed by atoms with E-state index in [0.717, 1.165) is 11.2 Å². The number of hydrogen-bond acceptors (Lipinski definition) is 4. The molecule has 1 aromatic heterocycles. The molecule has 0 bridgehead atoms. The number of aromatic nitrogens is 1. The molecule has 0 amide bonds. The first kappa shape index (κ1) is 15.3. The third-order valence-corrected chi connectivity index (χ3v) is 4.20. The smallest absolute Gasteiger partial charge is 0.481 e. The molecule has 20 heavy (non-hydrogen) atoms. The van der Waals surface area contributed by atoms with Crippen molar-refractivity contribution in [2.24, 2.45) is 0 Å². The summed E-state index contributed by atoms with van der Waals surface area (Å²) in [5, 5.41) is 0. The van der Waals surface area contributed by atoms with Crippen molar-refractivity contribution in [3.63, 3.8) is 0 Å². The maximum atomic E-state index is 6.05. The van der Waals surface area contributed by atoms with Gasteiger partial charge in [-0.3, -0.25) is 0 Å². The van der Waals surface area contributed by atoms with Gasteiger partial charge in [0.15, 0.2) is 0 Å². The van der Waals surface area contributed by atoms with Crippen molar-refractivity contribution >= 4 is 12.6 Å². The summed E-state index contributed by atoms with van der Waals surface area (Å²) in [7, 11) is 1.19. The van der Waals surface area contributed by atoms with Crippen molar-refractivity contribution in [2.45, 2.75) is 58.7 Å². The first-order valence-corrected chi connectivity index (χ1v) is 7.08. The molecule has 1 aromatic rings. The van der Waals surface area contributed by atoms with E-state index in [2.05, 4.69) is 18.8 Å². The normalized spacial score (nSPS) is 20.5. The van der Waals surface area contributed by atoms with Crippen LogP contribution in [0.2, 0.25) is 0 Å². The van der Waals surface area contributed by atoms with Gasteiger partial charge in [0.1, 0.15) is 0 Å². The van der Waals surface area contributed by atoms with E-state index in [-0.39, 0.29) is 11.2 Å². The number of pyridine rings is 1. The van der Waals surface area contributed by atoms with Crippen LogP contribution < -0.4 is 10.2 Å². The maximum Gasteiger partial charge on any atom is 0.500 e. The Balaban J connectivity index is 2.35. The van der Waals surface area contributed by atoms with Crippen molar-refractivity contribution < 1.29 is 14.0 Å². The molecule has 1 fully saturated rings. The minimum Gasteiger partial charge on any atom is -0.481 e. The van der Waals surface area contributed by atoms with Crippen LogP contribution in [0.1, 0.15) is 53.2 Å². The third-order valence-electron chi connectivity index (χ3n) is 4.20. The summed E-state index contributed by atoms with van der Waals surface area (Å²) in [6.07, 6.45) is 0. The average molecular weight is 277 g/mol. The first-order chi connectivity index (χ1) is 9.18. The molecule has 0 radical (unpaired) electrons. The van der Waals surface area contributed by atoms with Gasteiger partial charge in [0.05, 0.1) is 18.3 Å². The van der Waals surface area contributed by atoms with Crippen molar-refractivity contribution in [3.8, 4) is 5.88 Å². The van der Waals surface area contributed by atoms with Crippen molar-refractivity contribution in [1.82, 2.24) is 4.98 Å². The standard InChI is InChI=1S/C15H24BNO3/c1-10(2)12-9-8-11(13(17-12)18-7)16-19-14(3,4)15(5,6)20-16/h8-10H,1-7H3. The van der Waals surface area contributed by atoms with Gasteiger partial charge >= 0.3 is 7.12 Å². The summed E-state index contributed by atoms with van der Waals surface area (Å²) in [5.74, 6) is 0.936. The Kier molecular flexibility index (Phi) is 3.86. The molecule has 0 N–H and O–H groups in total. The van der Waals surface area contributed by atoms with Crippen molar-refractivity contribution in [1.29, 1.82) is 0 Å². The Bertz CT molecular complexity index is 484. The van der Waals surface area contributed by atoms with Gasteiger partial charge in [-0.15, -0.1) is 0 Å². The predicted molar refractivity (Wildman–Crippen MR) is 80.6 cm³/mol. The van der Waals surface area contributed by atoms with E-state index in [1.165, 1.54) is 0 Å². The van der Waals surface area contributed by atoms with Gasteiger partial charge in [-0.25, -0.2) is 4.98 Å². The summed E-state index contributed by atoms with van der Waals surface area (Å²) in [5.41, 5.74) is 1.12. The molecule has 5 heteroatoms. The highest BCUT2D eigenvalue weighted by atomic mass is 16.7. The quantitative estimate of drug-likeness (QED) is 0.796. The number of rotatable bonds is 3. The number of ether oxygens (including phenoxy) is 1. The fraction of sp³-hybridized carbons (Fsp3) is 0.667. The maximum absolute atomic E-state index is 6.05. The van der Waals surface area contributed by atoms with E-state index in [1.807, 2.05) is 39.8 Å². The van der Waals surface area contributed by atoms with Crippen LogP contribution in [-0.4, -0.2) is 30.4 Å². The lowest BCUT2D eigenvalue weighted by molar-refractivity contribution is 0.00578. The fourth-order valence-corrected chi connectivity index (χ4v) is 2.10. The molecule has 4 nitrogen and oxygen atoms in total. The number of hydrogen-bond donors (Lipinski definition) is 0. The molecule has 0 unspecified atom stereocenters. The molecular formula is C15H24BNO3. The van der Waals surface area contributed by atoms with Gasteiger partial charge in [0, 0.05) is 11.2 Å². The van der Waals surface area contributed by atoms with Gasteiger partial charge in [0.2, 0.25) is 5.88 Å². The monoisotopic (exact) mass is 277 g/mol. The number of nitrogens with zero attached hydrogens (tertiary/aromatic N) is 1. The van der Waals surface area contributed by atoms with E-state index < -0.39 is 7.12 Å². The van der Waals surface area contributed by atoms with E-state index in [4.69, 9.17) is 14.0 Å². The average Bonchev–Trinajstić information content (AvgIpc) is 2.57. The fourth-order valence-electron chi connectivity index (χ4n) is 2.10. The summed E-state index contributed by atoms with van der Waals surface area (Å²) >= 11 is 0. The lowest BCUT2D eigenvalue weighted by atomic mass is 9.79. The molecule has 0 saturated carbocycles. The zero-order chi connectivity index (χ0) is 15.1. The number of methoxy groups -OCH3 is 1. The molecule has 2 rings (SSSR count). The minimum absolute atomic E-state index is 0.358. The van der Waals surface area contributed by atoms with E-state index in [0.29, 0.717) is 11.8 Å². The van der Waals surface area contributed by atoms with Crippen LogP contribution in [0.4, 0.5) is 0 Å². The second-order valence-corrected chi connectivity index (χ2v) is 6.58. The van der Waals surface area contributed by atoms with E-state index in [9.17, 15) is 0 Å². The summed E-state index contributed by atoms with van der Waals surface area (Å²) in [6, 6.07) is 4.00. The zero-order valence-corrected chi connectivity index (χ0v) is 13.5. The van der Waals surface area contributed by atoms with E-state index in [1.54, 1.807) is 7.11 Å². The predicted octanol–water partition coefficient (Wildman–Crippen LogP) is 2.51. The Hall–Kier alpha value is -1.07. The van der Waals surface area contributed by atoms with Crippen molar-refractivity contribution in [2.75, 3.05) is 7.11 Å². The van der Waals surface area contributed by atoms with Crippen LogP contribution in [-0.2, 0) is 9.31 Å². The SMILES string of the molecule is COc1nc(C(C)C)ccc1B1OC(C)(C)C(C)(C)O1. The highest BCUT2D eigenvalue weighted by Crippen LogP contribution is 2.37. The van der Waals surface area contributed by atoms with Gasteiger partial charge in [-0.1, -0.05) is 19.9 Å². The molecule has 0 spiro atoms. The third kappa shape index (κ3) is 2.57. The lowest BCUT2D eigenvalue weighted by Crippen LogP contribution is -2.41. The highest BCUT2D eigenvalue weighted by molar-refractivity contribution is 6.63. The topological polar surface area (TPSA) is 40.6 Å². The molecule has 0 aliphatic carbocycles. The Morgan fingerprint density at radius 2 is 1.65 bits per heavy atom. The first-order valence-electron chi connectivity index (χ1n) is 7.08. The Morgan fingerprint density at radius 1 is 1.10 bits per heavy atom. The van der Waals surface area contributed by atoms with Crippen LogP contribution in [0, 0.1) is 0 Å². The molecule has 1 aliphatic rings. The van der Waals surface area contributed by atoms with Crippen LogP contribution in [0.25, 0.3) is 0 Å². The van der Waals surface area contributed by atoms with Crippen LogP contribution in [0.15, 0.2) is 12.1 Å². The second-order valence-electron chi connectivity index (χ2n) is 6.58. The molecule has 0 atom stereocenters. The molecule has 2 heterocycles. The summed E-state index contributed by atoms with van der Waals surface area (Å²) < 4.78 is 17.5. The van der Waals surface area contributed by atoms with Gasteiger partial charge in [-0.2, -0.15) is 0 Å². The van der Waals surface area contributed by atoms with Gasteiger partial charge in [0.25, 0.3) is 0 Å². The molecular weight excluding hydrogens is 253 g/mol. The van der Waals surface area contributed by atoms with Gasteiger partial charge in [-0.05, 0) is 39.7 Å². The molecule has 1 saturated heterocycles. The van der Waals surface area contributed by atoms with Crippen LogP contribution in [0.3, 0.4) is 0 Å². The highest BCUT2D eigenvalue weighted by Gasteiger charge is 2.52. The molecule has 0 aromatic carbocycles. The molecule has 110 valence electrons. The van der Waals surface area contributed by atoms with Crippen LogP contribution in [0.5, 0.6) is 5.88 Å². The Labute approximate surface area is 122 Å². The van der Waals surface area contributed by atoms with Crippen molar-refractivity contribution in [3.05, 3.63) is 17.8 Å². The summed E-state index contributed by atoms with van der Waals surface area (Å²) in [6.45, 7) is 12.4. The zero-order valence-electron chi connectivity index (χ0n) is 13.5. The summed E-state index contributed by atoms with van der Waals surface area (Å²) in [4.78, 5) is 4.55. The Morgan fingerprint density at radius 3 is 2.10 bits per heavy atom. The van der Waals surface area contributed by atoms with Crippen LogP contribution >= 0.6 is 0 Å². The van der Waals surface area contributed by atoms with Gasteiger partial charge < -0.3 is 14.0 Å².